The predicted molar refractivity (Wildman–Crippen MR) is 157 cm³/mol. The third-order valence-electron chi connectivity index (χ3n) is 8.46. The predicted octanol–water partition coefficient (Wildman–Crippen LogP) is 6.90. The fourth-order valence-electron chi connectivity index (χ4n) is 6.53. The average Bonchev–Trinajstić information content (AvgIpc) is 2.96. The molecule has 6 rings (SSSR count). The highest BCUT2D eigenvalue weighted by molar-refractivity contribution is 6.01. The third-order valence-corrected chi connectivity index (χ3v) is 8.46. The van der Waals surface area contributed by atoms with E-state index in [0.717, 1.165) is 34.1 Å². The highest BCUT2D eigenvalue weighted by Gasteiger charge is 2.46. The van der Waals surface area contributed by atoms with Crippen molar-refractivity contribution in [2.45, 2.75) is 27.2 Å². The lowest BCUT2D eigenvalue weighted by atomic mass is 9.58. The number of aromatic nitrogens is 2. The van der Waals surface area contributed by atoms with Crippen LogP contribution in [0.1, 0.15) is 53.5 Å². The van der Waals surface area contributed by atoms with Gasteiger partial charge in [-0.1, -0.05) is 68.8 Å². The molecule has 1 aliphatic carbocycles. The van der Waals surface area contributed by atoms with Gasteiger partial charge in [0.2, 0.25) is 0 Å². The lowest BCUT2D eigenvalue weighted by molar-refractivity contribution is 0.0679. The van der Waals surface area contributed by atoms with Crippen molar-refractivity contribution in [3.05, 3.63) is 114 Å². The number of carbonyl (C=O) groups excluding carboxylic acids is 1. The highest BCUT2D eigenvalue weighted by Crippen LogP contribution is 2.55. The number of hydrogen-bond donors (Lipinski definition) is 1. The molecule has 1 aliphatic heterocycles. The Bertz CT molecular complexity index is 1720. The summed E-state index contributed by atoms with van der Waals surface area (Å²) >= 11 is 0. The van der Waals surface area contributed by atoms with Crippen LogP contribution in [0.15, 0.2) is 96.8 Å². The molecule has 2 aromatic heterocycles. The van der Waals surface area contributed by atoms with Gasteiger partial charge in [-0.15, -0.1) is 0 Å². The van der Waals surface area contributed by atoms with Crippen molar-refractivity contribution in [1.29, 1.82) is 0 Å². The van der Waals surface area contributed by atoms with Gasteiger partial charge in [0.15, 0.2) is 0 Å². The van der Waals surface area contributed by atoms with Crippen LogP contribution in [0.3, 0.4) is 0 Å². The molecule has 6 nitrogen and oxygen atoms in total. The lowest BCUT2D eigenvalue weighted by Crippen LogP contribution is -2.48. The van der Waals surface area contributed by atoms with Gasteiger partial charge in [-0.25, -0.2) is 9.78 Å². The maximum atomic E-state index is 14.0. The van der Waals surface area contributed by atoms with E-state index in [2.05, 4.69) is 37.9 Å². The fraction of sp³-hybridized carbons (Fsp3) is 0.235. The summed E-state index contributed by atoms with van der Waals surface area (Å²) in [5.41, 5.74) is 6.45. The molecule has 40 heavy (non-hydrogen) atoms. The van der Waals surface area contributed by atoms with Gasteiger partial charge < -0.3 is 10.0 Å². The SMILES string of the molecule is CC1(C)C(c2ccc(C(=O)O)cc2)=CC[C@]2(C)CN(C(=O)c3ccccc3-c3ccc4cnccc4n3)CC=C12. The van der Waals surface area contributed by atoms with Crippen molar-refractivity contribution in [1.82, 2.24) is 14.9 Å². The summed E-state index contributed by atoms with van der Waals surface area (Å²) in [6.07, 6.45) is 8.81. The Labute approximate surface area is 233 Å². The third kappa shape index (κ3) is 4.30. The molecule has 0 fully saturated rings. The molecule has 3 heterocycles. The molecule has 1 atom stereocenters. The number of pyridine rings is 2. The van der Waals surface area contributed by atoms with Gasteiger partial charge in [-0.05, 0) is 54.0 Å². The van der Waals surface area contributed by atoms with Gasteiger partial charge in [-0.3, -0.25) is 9.78 Å². The van der Waals surface area contributed by atoms with Crippen molar-refractivity contribution < 1.29 is 14.7 Å². The molecule has 0 spiro atoms. The molecule has 1 N–H and O–H groups in total. The van der Waals surface area contributed by atoms with Gasteiger partial charge in [0.25, 0.3) is 5.91 Å². The smallest absolute Gasteiger partial charge is 0.335 e. The lowest BCUT2D eigenvalue weighted by Gasteiger charge is -2.50. The summed E-state index contributed by atoms with van der Waals surface area (Å²) in [4.78, 5) is 36.3. The quantitative estimate of drug-likeness (QED) is 0.291. The second-order valence-corrected chi connectivity index (χ2v) is 11.5. The fourth-order valence-corrected chi connectivity index (χ4v) is 6.53. The summed E-state index contributed by atoms with van der Waals surface area (Å²) in [6, 6.07) is 20.6. The molecule has 0 saturated carbocycles. The molecular weight excluding hydrogens is 498 g/mol. The van der Waals surface area contributed by atoms with Crippen molar-refractivity contribution in [3.63, 3.8) is 0 Å². The maximum Gasteiger partial charge on any atom is 0.335 e. The number of carboxylic acids is 1. The molecular formula is C34H31N3O3. The van der Waals surface area contributed by atoms with Gasteiger partial charge in [0.1, 0.15) is 0 Å². The normalized spacial score (nSPS) is 19.9. The average molecular weight is 530 g/mol. The number of fused-ring (bicyclic) bond motifs is 2. The van der Waals surface area contributed by atoms with Crippen molar-refractivity contribution in [2.75, 3.05) is 13.1 Å². The maximum absolute atomic E-state index is 14.0. The number of carboxylic acid groups (broad SMARTS) is 1. The number of nitrogens with zero attached hydrogens (tertiary/aromatic N) is 3. The van der Waals surface area contributed by atoms with E-state index in [1.165, 1.54) is 11.1 Å². The largest absolute Gasteiger partial charge is 0.478 e. The van der Waals surface area contributed by atoms with Crippen molar-refractivity contribution >= 4 is 28.4 Å². The summed E-state index contributed by atoms with van der Waals surface area (Å²) < 4.78 is 0. The summed E-state index contributed by atoms with van der Waals surface area (Å²) in [5.74, 6) is -0.924. The van der Waals surface area contributed by atoms with E-state index in [-0.39, 0.29) is 22.3 Å². The molecule has 1 amide bonds. The number of carbonyl (C=O) groups is 2. The van der Waals surface area contributed by atoms with Crippen LogP contribution in [0.5, 0.6) is 0 Å². The first-order chi connectivity index (χ1) is 19.2. The summed E-state index contributed by atoms with van der Waals surface area (Å²) in [5, 5.41) is 10.3. The molecule has 4 aromatic rings. The molecule has 6 heteroatoms. The molecule has 0 radical (unpaired) electrons. The van der Waals surface area contributed by atoms with Gasteiger partial charge in [0, 0.05) is 52.8 Å². The zero-order valence-corrected chi connectivity index (χ0v) is 22.9. The molecule has 2 aliphatic rings. The van der Waals surface area contributed by atoms with Gasteiger partial charge in [-0.2, -0.15) is 0 Å². The van der Waals surface area contributed by atoms with Crippen LogP contribution in [0.4, 0.5) is 0 Å². The van der Waals surface area contributed by atoms with Crippen LogP contribution in [0.25, 0.3) is 27.7 Å². The molecule has 0 bridgehead atoms. The number of hydrogen-bond acceptors (Lipinski definition) is 4. The van der Waals surface area contributed by atoms with Gasteiger partial charge >= 0.3 is 5.97 Å². The van der Waals surface area contributed by atoms with Crippen LogP contribution < -0.4 is 0 Å². The first kappa shape index (κ1) is 25.7. The highest BCUT2D eigenvalue weighted by atomic mass is 16.4. The van der Waals surface area contributed by atoms with E-state index in [1.54, 1.807) is 24.5 Å². The van der Waals surface area contributed by atoms with Gasteiger partial charge in [0.05, 0.1) is 16.8 Å². The Morgan fingerprint density at radius 2 is 1.70 bits per heavy atom. The molecule has 0 saturated heterocycles. The standard InChI is InChI=1S/C34H31N3O3/c1-33(2)27(22-8-10-23(11-9-22)32(39)40)14-17-34(3)21-37(19-16-30(33)34)31(38)26-7-5-4-6-25(26)29-13-12-24-20-35-18-15-28(24)36-29/h4-16,18,20H,17,19,21H2,1-3H3,(H,39,40)/t34-/m1/s1. The minimum absolute atomic E-state index is 0.000548. The Kier molecular flexibility index (Phi) is 6.14. The van der Waals surface area contributed by atoms with E-state index >= 15 is 0 Å². The van der Waals surface area contributed by atoms with Crippen molar-refractivity contribution in [3.8, 4) is 11.3 Å². The first-order valence-corrected chi connectivity index (χ1v) is 13.5. The zero-order chi connectivity index (χ0) is 28.1. The zero-order valence-electron chi connectivity index (χ0n) is 22.9. The van der Waals surface area contributed by atoms with Crippen molar-refractivity contribution in [2.24, 2.45) is 10.8 Å². The summed E-state index contributed by atoms with van der Waals surface area (Å²) in [7, 11) is 0. The second kappa shape index (κ2) is 9.56. The van der Waals surface area contributed by atoms with E-state index < -0.39 is 5.97 Å². The van der Waals surface area contributed by atoms with Crippen LogP contribution in [0, 0.1) is 10.8 Å². The monoisotopic (exact) mass is 529 g/mol. The first-order valence-electron chi connectivity index (χ1n) is 13.5. The van der Waals surface area contributed by atoms with Crippen LogP contribution in [-0.2, 0) is 0 Å². The van der Waals surface area contributed by atoms with Crippen LogP contribution in [-0.4, -0.2) is 44.9 Å². The Balaban J connectivity index is 1.30. The molecule has 0 unspecified atom stereocenters. The minimum atomic E-state index is -0.925. The number of aromatic carboxylic acids is 1. The second-order valence-electron chi connectivity index (χ2n) is 11.5. The molecule has 2 aromatic carbocycles. The number of amides is 1. The van der Waals surface area contributed by atoms with Crippen LogP contribution >= 0.6 is 0 Å². The molecule has 200 valence electrons. The Morgan fingerprint density at radius 3 is 2.48 bits per heavy atom. The minimum Gasteiger partial charge on any atom is -0.478 e. The van der Waals surface area contributed by atoms with E-state index in [1.807, 2.05) is 59.5 Å². The topological polar surface area (TPSA) is 83.4 Å². The number of benzene rings is 2. The summed E-state index contributed by atoms with van der Waals surface area (Å²) in [6.45, 7) is 7.84. The van der Waals surface area contributed by atoms with E-state index in [9.17, 15) is 14.7 Å². The Morgan fingerprint density at radius 1 is 0.925 bits per heavy atom. The van der Waals surface area contributed by atoms with E-state index in [4.69, 9.17) is 4.98 Å². The van der Waals surface area contributed by atoms with E-state index in [0.29, 0.717) is 18.7 Å². The number of rotatable bonds is 4. The number of allylic oxidation sites excluding steroid dienone is 2. The van der Waals surface area contributed by atoms with Crippen LogP contribution in [0.2, 0.25) is 0 Å². The Hall–Kier alpha value is -4.58.